The van der Waals surface area contributed by atoms with Crippen molar-refractivity contribution >= 4 is 16.9 Å². The second-order valence-electron chi connectivity index (χ2n) is 13.9. The van der Waals surface area contributed by atoms with Gasteiger partial charge in [-0.3, -0.25) is 9.69 Å². The fraction of sp³-hybridized carbons (Fsp3) is 0.611. The molecule has 3 aliphatic heterocycles. The summed E-state index contributed by atoms with van der Waals surface area (Å²) < 4.78 is 2.54. The molecule has 5 nitrogen and oxygen atoms in total. The van der Waals surface area contributed by atoms with E-state index in [2.05, 4.69) is 82.8 Å². The van der Waals surface area contributed by atoms with Crippen LogP contribution in [0.5, 0.6) is 0 Å². The molecule has 3 atom stereocenters. The maximum absolute atomic E-state index is 13.5. The number of benzene rings is 2. The molecule has 218 valence electrons. The number of fused-ring (bicyclic) bond motifs is 3. The van der Waals surface area contributed by atoms with E-state index >= 15 is 0 Å². The Morgan fingerprint density at radius 1 is 0.854 bits per heavy atom. The summed E-state index contributed by atoms with van der Waals surface area (Å²) >= 11 is 0. The zero-order valence-electron chi connectivity index (χ0n) is 25.2. The molecule has 3 aromatic rings. The predicted molar refractivity (Wildman–Crippen MR) is 166 cm³/mol. The Labute approximate surface area is 246 Å². The molecule has 0 spiro atoms. The molecule has 7 rings (SSSR count). The smallest absolute Gasteiger partial charge is 0.225 e. The summed E-state index contributed by atoms with van der Waals surface area (Å²) in [6.07, 6.45) is 13.1. The summed E-state index contributed by atoms with van der Waals surface area (Å²) in [5.41, 5.74) is 4.09. The van der Waals surface area contributed by atoms with Crippen molar-refractivity contribution in [1.29, 1.82) is 0 Å². The van der Waals surface area contributed by atoms with Gasteiger partial charge in [0, 0.05) is 37.1 Å². The fourth-order valence-electron chi connectivity index (χ4n) is 9.19. The number of rotatable bonds is 6. The van der Waals surface area contributed by atoms with Crippen LogP contribution in [0.2, 0.25) is 0 Å². The molecule has 5 heteroatoms. The molecule has 4 aliphatic rings. The number of carbonyl (C=O) groups is 1. The number of likely N-dealkylation sites (tertiary alicyclic amines) is 1. The largest absolute Gasteiger partial charge is 0.342 e. The van der Waals surface area contributed by atoms with E-state index in [0.717, 1.165) is 56.0 Å². The molecule has 41 heavy (non-hydrogen) atoms. The lowest BCUT2D eigenvalue weighted by Gasteiger charge is -2.46. The van der Waals surface area contributed by atoms with Crippen molar-refractivity contribution in [1.82, 2.24) is 19.4 Å². The van der Waals surface area contributed by atoms with Crippen molar-refractivity contribution in [3.8, 4) is 0 Å². The average molecular weight is 553 g/mol. The van der Waals surface area contributed by atoms with Gasteiger partial charge < -0.3 is 9.47 Å². The topological polar surface area (TPSA) is 41.4 Å². The molecule has 1 aliphatic carbocycles. The molecule has 2 bridgehead atoms. The van der Waals surface area contributed by atoms with Crippen LogP contribution in [0.4, 0.5) is 0 Å². The third kappa shape index (κ3) is 5.13. The minimum atomic E-state index is 0.173. The van der Waals surface area contributed by atoms with Gasteiger partial charge in [0.15, 0.2) is 0 Å². The first kappa shape index (κ1) is 27.2. The van der Waals surface area contributed by atoms with E-state index in [4.69, 9.17) is 4.98 Å². The first-order valence-corrected chi connectivity index (χ1v) is 16.5. The lowest BCUT2D eigenvalue weighted by Crippen LogP contribution is -2.50. The van der Waals surface area contributed by atoms with Crippen molar-refractivity contribution in [3.63, 3.8) is 0 Å². The number of aromatic nitrogens is 2. The Kier molecular flexibility index (Phi) is 7.43. The van der Waals surface area contributed by atoms with E-state index in [1.165, 1.54) is 62.6 Å². The Balaban J connectivity index is 1.04. The third-order valence-electron chi connectivity index (χ3n) is 11.6. The highest BCUT2D eigenvalue weighted by Gasteiger charge is 2.44. The van der Waals surface area contributed by atoms with E-state index < -0.39 is 0 Å². The summed E-state index contributed by atoms with van der Waals surface area (Å²) in [4.78, 5) is 23.5. The van der Waals surface area contributed by atoms with Gasteiger partial charge in [-0.05, 0) is 113 Å². The fourth-order valence-corrected chi connectivity index (χ4v) is 9.19. The van der Waals surface area contributed by atoms with Crippen molar-refractivity contribution in [2.24, 2.45) is 11.8 Å². The van der Waals surface area contributed by atoms with Crippen molar-refractivity contribution < 1.29 is 4.79 Å². The van der Waals surface area contributed by atoms with Crippen LogP contribution in [-0.2, 0) is 10.2 Å². The number of carbonyl (C=O) groups excluding carboxylic acids is 1. The summed E-state index contributed by atoms with van der Waals surface area (Å²) in [5.74, 6) is 2.66. The van der Waals surface area contributed by atoms with Gasteiger partial charge >= 0.3 is 0 Å². The Morgan fingerprint density at radius 3 is 2.22 bits per heavy atom. The molecule has 1 aromatic heterocycles. The third-order valence-corrected chi connectivity index (χ3v) is 11.6. The van der Waals surface area contributed by atoms with Crippen LogP contribution in [0, 0.1) is 18.8 Å². The predicted octanol–water partition coefficient (Wildman–Crippen LogP) is 7.29. The first-order valence-electron chi connectivity index (χ1n) is 16.5. The van der Waals surface area contributed by atoms with Crippen LogP contribution < -0.4 is 0 Å². The van der Waals surface area contributed by atoms with Gasteiger partial charge in [0.2, 0.25) is 5.91 Å². The zero-order chi connectivity index (χ0) is 28.0. The van der Waals surface area contributed by atoms with Gasteiger partial charge in [-0.25, -0.2) is 4.98 Å². The molecule has 4 fully saturated rings. The molecular weight excluding hydrogens is 504 g/mol. The lowest BCUT2D eigenvalue weighted by molar-refractivity contribution is -0.138. The molecule has 0 N–H and O–H groups in total. The molecule has 4 heterocycles. The molecule has 2 aromatic carbocycles. The van der Waals surface area contributed by atoms with Crippen LogP contribution in [0.3, 0.4) is 0 Å². The summed E-state index contributed by atoms with van der Waals surface area (Å²) in [7, 11) is 0. The van der Waals surface area contributed by atoms with Crippen LogP contribution in [0.1, 0.15) is 95.0 Å². The Morgan fingerprint density at radius 2 is 1.51 bits per heavy atom. The monoisotopic (exact) mass is 552 g/mol. The van der Waals surface area contributed by atoms with Crippen LogP contribution >= 0.6 is 0 Å². The van der Waals surface area contributed by atoms with E-state index in [1.807, 2.05) is 0 Å². The quantitative estimate of drug-likeness (QED) is 0.322. The van der Waals surface area contributed by atoms with Crippen LogP contribution in [0.25, 0.3) is 11.0 Å². The maximum Gasteiger partial charge on any atom is 0.225 e. The van der Waals surface area contributed by atoms with Crippen molar-refractivity contribution in [2.75, 3.05) is 19.6 Å². The minimum absolute atomic E-state index is 0.173. The van der Waals surface area contributed by atoms with E-state index in [-0.39, 0.29) is 11.3 Å². The number of imidazole rings is 1. The van der Waals surface area contributed by atoms with Gasteiger partial charge in [-0.2, -0.15) is 0 Å². The van der Waals surface area contributed by atoms with Gasteiger partial charge in [0.05, 0.1) is 11.0 Å². The van der Waals surface area contributed by atoms with Crippen LogP contribution in [-0.4, -0.2) is 57.0 Å². The molecule has 1 amide bonds. The normalized spacial score (nSPS) is 30.1. The summed E-state index contributed by atoms with van der Waals surface area (Å²) in [6.45, 7) is 7.54. The highest BCUT2D eigenvalue weighted by Crippen LogP contribution is 2.45. The minimum Gasteiger partial charge on any atom is -0.342 e. The zero-order valence-corrected chi connectivity index (χ0v) is 25.2. The van der Waals surface area contributed by atoms with Gasteiger partial charge in [-0.15, -0.1) is 0 Å². The van der Waals surface area contributed by atoms with Crippen molar-refractivity contribution in [3.05, 3.63) is 66.0 Å². The van der Waals surface area contributed by atoms with Crippen LogP contribution in [0.15, 0.2) is 54.6 Å². The number of aryl methyl sites for hydroxylation is 1. The van der Waals surface area contributed by atoms with E-state index in [9.17, 15) is 4.79 Å². The Hall–Kier alpha value is -2.66. The molecule has 1 saturated carbocycles. The van der Waals surface area contributed by atoms with E-state index in [1.54, 1.807) is 0 Å². The van der Waals surface area contributed by atoms with Gasteiger partial charge in [-0.1, -0.05) is 49.4 Å². The van der Waals surface area contributed by atoms with Gasteiger partial charge in [0.25, 0.3) is 0 Å². The number of amides is 1. The number of nitrogens with zero attached hydrogens (tertiary/aromatic N) is 4. The van der Waals surface area contributed by atoms with E-state index in [0.29, 0.717) is 24.0 Å². The number of hydrogen-bond acceptors (Lipinski definition) is 3. The standard InChI is InChI=1S/C36H48N4O/c1-26-12-14-28(15-13-26)35(41)38-21-18-36(19-22-38,29-8-4-3-5-9-29)20-23-39-30-16-17-31(39)25-32(24-30)40-27(2)37-33-10-6-7-11-34(33)40/h3-11,26,28,30-32H,12-25H2,1-2H3/t26?,28?,30-,31+,32?. The lowest BCUT2D eigenvalue weighted by atomic mass is 9.70. The average Bonchev–Trinajstić information content (AvgIpc) is 3.47. The highest BCUT2D eigenvalue weighted by atomic mass is 16.2. The Bertz CT molecular complexity index is 1330. The van der Waals surface area contributed by atoms with Crippen molar-refractivity contribution in [2.45, 2.75) is 108 Å². The number of para-hydroxylation sites is 2. The second kappa shape index (κ2) is 11.2. The number of hydrogen-bond donors (Lipinski definition) is 0. The number of piperidine rings is 2. The van der Waals surface area contributed by atoms with Gasteiger partial charge in [0.1, 0.15) is 5.82 Å². The highest BCUT2D eigenvalue weighted by molar-refractivity contribution is 5.79. The molecule has 0 radical (unpaired) electrons. The molecule has 3 saturated heterocycles. The SMILES string of the molecule is Cc1nc2ccccc2n1C1C[C@H]2CC[C@@H](C1)N2CCC1(c2ccccc2)CCN(C(=O)C2CCC(C)CC2)CC1. The second-order valence-corrected chi connectivity index (χ2v) is 13.9. The molecular formula is C36H48N4O. The summed E-state index contributed by atoms with van der Waals surface area (Å²) in [5, 5.41) is 0. The first-order chi connectivity index (χ1) is 20.0. The maximum atomic E-state index is 13.5. The summed E-state index contributed by atoms with van der Waals surface area (Å²) in [6, 6.07) is 21.8. The molecule has 1 unspecified atom stereocenters.